The van der Waals surface area contributed by atoms with Crippen molar-refractivity contribution in [1.29, 1.82) is 0 Å². The molecule has 2 rings (SSSR count). The number of nitrogens with zero attached hydrogens (tertiary/aromatic N) is 2. The normalized spacial score (nSPS) is 16.9. The molecule has 1 heterocycles. The zero-order valence-corrected chi connectivity index (χ0v) is 18.5. The third kappa shape index (κ3) is 9.28. The third-order valence-corrected chi connectivity index (χ3v) is 4.24. The van der Waals surface area contributed by atoms with Crippen LogP contribution in [0.2, 0.25) is 0 Å². The largest absolute Gasteiger partial charge is 0.489 e. The Balaban J connectivity index is 0.00000364. The number of primary amides is 1. The maximum Gasteiger partial charge on any atom is 0.231 e. The van der Waals surface area contributed by atoms with Crippen LogP contribution in [0, 0.1) is 0 Å². The number of piperidine rings is 1. The highest BCUT2D eigenvalue weighted by molar-refractivity contribution is 14.0. The fourth-order valence-corrected chi connectivity index (χ4v) is 2.96. The minimum Gasteiger partial charge on any atom is -0.489 e. The molecule has 8 heteroatoms. The van der Waals surface area contributed by atoms with E-state index in [2.05, 4.69) is 27.4 Å². The van der Waals surface area contributed by atoms with Gasteiger partial charge in [0.2, 0.25) is 5.91 Å². The summed E-state index contributed by atoms with van der Waals surface area (Å²) in [5.41, 5.74) is 5.26. The van der Waals surface area contributed by atoms with E-state index in [4.69, 9.17) is 10.5 Å². The molecule has 1 amide bonds. The highest BCUT2D eigenvalue weighted by Crippen LogP contribution is 2.11. The number of nitrogens with two attached hydrogens (primary N) is 1. The van der Waals surface area contributed by atoms with E-state index in [1.165, 1.54) is 0 Å². The molecule has 1 fully saturated rings. The first-order valence-corrected chi connectivity index (χ1v) is 9.34. The summed E-state index contributed by atoms with van der Waals surface area (Å²) in [5.74, 6) is 1.40. The number of halogens is 1. The van der Waals surface area contributed by atoms with Gasteiger partial charge in [-0.25, -0.2) is 4.99 Å². The molecule has 0 spiro atoms. The fraction of sp³-hybridized carbons (Fsp3) is 0.579. The smallest absolute Gasteiger partial charge is 0.231 e. The summed E-state index contributed by atoms with van der Waals surface area (Å²) < 4.78 is 5.87. The number of ether oxygens (including phenoxy) is 1. The van der Waals surface area contributed by atoms with Gasteiger partial charge in [0.25, 0.3) is 0 Å². The molecule has 1 aromatic rings. The van der Waals surface area contributed by atoms with Gasteiger partial charge in [-0.15, -0.1) is 24.0 Å². The molecule has 1 aliphatic heterocycles. The Morgan fingerprint density at radius 2 is 2.00 bits per heavy atom. The first kappa shape index (κ1) is 23.5. The van der Waals surface area contributed by atoms with Crippen LogP contribution in [0.1, 0.15) is 26.7 Å². The first-order chi connectivity index (χ1) is 12.6. The van der Waals surface area contributed by atoms with E-state index in [-0.39, 0.29) is 36.0 Å². The van der Waals surface area contributed by atoms with Crippen LogP contribution in [0.25, 0.3) is 0 Å². The second-order valence-corrected chi connectivity index (χ2v) is 6.62. The minimum atomic E-state index is -0.265. The average Bonchev–Trinajstić information content (AvgIpc) is 2.62. The van der Waals surface area contributed by atoms with Crippen LogP contribution in [-0.2, 0) is 4.79 Å². The van der Waals surface area contributed by atoms with Crippen LogP contribution in [0.3, 0.4) is 0 Å². The molecule has 1 saturated heterocycles. The van der Waals surface area contributed by atoms with Gasteiger partial charge in [-0.3, -0.25) is 9.69 Å². The van der Waals surface area contributed by atoms with Gasteiger partial charge in [-0.2, -0.15) is 0 Å². The monoisotopic (exact) mass is 489 g/mol. The summed E-state index contributed by atoms with van der Waals surface area (Å²) in [6.07, 6.45) is 1.92. The lowest BCUT2D eigenvalue weighted by Gasteiger charge is -2.32. The number of carbonyl (C=O) groups is 1. The topological polar surface area (TPSA) is 92.0 Å². The summed E-state index contributed by atoms with van der Waals surface area (Å²) in [4.78, 5) is 17.8. The van der Waals surface area contributed by atoms with Crippen molar-refractivity contribution < 1.29 is 9.53 Å². The molecule has 0 radical (unpaired) electrons. The number of likely N-dealkylation sites (tertiary alicyclic amines) is 1. The van der Waals surface area contributed by atoms with E-state index in [0.717, 1.165) is 44.2 Å². The molecule has 0 saturated carbocycles. The van der Waals surface area contributed by atoms with Gasteiger partial charge in [0.05, 0.1) is 13.1 Å². The summed E-state index contributed by atoms with van der Waals surface area (Å²) >= 11 is 0. The van der Waals surface area contributed by atoms with Crippen molar-refractivity contribution in [3.8, 4) is 5.75 Å². The van der Waals surface area contributed by atoms with E-state index >= 15 is 0 Å². The molecule has 0 aliphatic carbocycles. The summed E-state index contributed by atoms with van der Waals surface area (Å²) in [6, 6.07) is 10.1. The Kier molecular flexibility index (Phi) is 11.1. The van der Waals surface area contributed by atoms with Gasteiger partial charge in [0.15, 0.2) is 5.96 Å². The average molecular weight is 489 g/mol. The summed E-state index contributed by atoms with van der Waals surface area (Å²) in [5, 5.41) is 6.78. The van der Waals surface area contributed by atoms with Crippen LogP contribution in [0.4, 0.5) is 0 Å². The van der Waals surface area contributed by atoms with Crippen molar-refractivity contribution >= 4 is 35.8 Å². The van der Waals surface area contributed by atoms with Crippen molar-refractivity contribution in [3.05, 3.63) is 30.3 Å². The molecule has 7 nitrogen and oxygen atoms in total. The van der Waals surface area contributed by atoms with Crippen LogP contribution < -0.4 is 21.1 Å². The Labute approximate surface area is 179 Å². The lowest BCUT2D eigenvalue weighted by atomic mass is 10.1. The van der Waals surface area contributed by atoms with Crippen molar-refractivity contribution in [2.45, 2.75) is 38.8 Å². The molecular weight excluding hydrogens is 457 g/mol. The van der Waals surface area contributed by atoms with E-state index in [1.54, 1.807) is 0 Å². The van der Waals surface area contributed by atoms with E-state index in [0.29, 0.717) is 19.1 Å². The molecule has 0 bridgehead atoms. The highest BCUT2D eigenvalue weighted by Gasteiger charge is 2.20. The van der Waals surface area contributed by atoms with E-state index in [9.17, 15) is 4.79 Å². The lowest BCUT2D eigenvalue weighted by Crippen LogP contribution is -2.50. The van der Waals surface area contributed by atoms with Crippen LogP contribution in [0.15, 0.2) is 35.3 Å². The van der Waals surface area contributed by atoms with Crippen molar-refractivity contribution in [2.24, 2.45) is 10.7 Å². The molecule has 1 atom stereocenters. The van der Waals surface area contributed by atoms with Crippen LogP contribution in [-0.4, -0.2) is 61.6 Å². The molecule has 1 aliphatic rings. The van der Waals surface area contributed by atoms with Crippen LogP contribution >= 0.6 is 24.0 Å². The predicted molar refractivity (Wildman–Crippen MR) is 120 cm³/mol. The van der Waals surface area contributed by atoms with Gasteiger partial charge >= 0.3 is 0 Å². The molecule has 4 N–H and O–H groups in total. The molecule has 0 aromatic heterocycles. The van der Waals surface area contributed by atoms with Gasteiger partial charge in [-0.05, 0) is 38.8 Å². The Hall–Kier alpha value is -1.55. The summed E-state index contributed by atoms with van der Waals surface area (Å²) in [7, 11) is 0. The van der Waals surface area contributed by atoms with Gasteiger partial charge < -0.3 is 21.1 Å². The van der Waals surface area contributed by atoms with Gasteiger partial charge in [0.1, 0.15) is 11.9 Å². The number of hydrogen-bond donors (Lipinski definition) is 3. The quantitative estimate of drug-likeness (QED) is 0.293. The number of amides is 1. The predicted octanol–water partition coefficient (Wildman–Crippen LogP) is 1.58. The highest BCUT2D eigenvalue weighted by atomic mass is 127. The first-order valence-electron chi connectivity index (χ1n) is 9.34. The number of carbonyl (C=O) groups excluding carboxylic acids is 1. The second-order valence-electron chi connectivity index (χ2n) is 6.62. The Morgan fingerprint density at radius 3 is 2.59 bits per heavy atom. The number of para-hydroxylation sites is 1. The number of guanidine groups is 1. The Morgan fingerprint density at radius 1 is 1.33 bits per heavy atom. The Bertz CT molecular complexity index is 577. The fourth-order valence-electron chi connectivity index (χ4n) is 2.96. The van der Waals surface area contributed by atoms with Crippen molar-refractivity contribution in [1.82, 2.24) is 15.5 Å². The van der Waals surface area contributed by atoms with Gasteiger partial charge in [0, 0.05) is 25.7 Å². The second kappa shape index (κ2) is 12.8. The molecule has 27 heavy (non-hydrogen) atoms. The third-order valence-electron chi connectivity index (χ3n) is 4.24. The van der Waals surface area contributed by atoms with E-state index in [1.807, 2.05) is 37.3 Å². The number of benzene rings is 1. The number of aliphatic imine (C=N–C) groups is 1. The SMILES string of the molecule is CCNC(=NCC(C)Oc1ccccc1)NC1CCN(CC(N)=O)CC1.I. The molecule has 1 aromatic carbocycles. The lowest BCUT2D eigenvalue weighted by molar-refractivity contribution is -0.119. The minimum absolute atomic E-state index is 0. The zero-order chi connectivity index (χ0) is 18.8. The summed E-state index contributed by atoms with van der Waals surface area (Å²) in [6.45, 7) is 7.53. The standard InChI is InChI=1S/C19H31N5O2.HI/c1-3-21-19(22-13-15(2)26-17-7-5-4-6-8-17)23-16-9-11-24(12-10-16)14-18(20)25;/h4-8,15-16H,3,9-14H2,1-2H3,(H2,20,25)(H2,21,22,23);1H. The zero-order valence-electron chi connectivity index (χ0n) is 16.2. The number of nitrogens with one attached hydrogen (secondary N) is 2. The molecule has 1 unspecified atom stereocenters. The molecule has 152 valence electrons. The van der Waals surface area contributed by atoms with Crippen molar-refractivity contribution in [2.75, 3.05) is 32.7 Å². The van der Waals surface area contributed by atoms with Crippen LogP contribution in [0.5, 0.6) is 5.75 Å². The number of rotatable bonds is 8. The van der Waals surface area contributed by atoms with Crippen molar-refractivity contribution in [3.63, 3.8) is 0 Å². The number of hydrogen-bond acceptors (Lipinski definition) is 4. The van der Waals surface area contributed by atoms with E-state index < -0.39 is 0 Å². The molecular formula is C19H32IN5O2. The maximum absolute atomic E-state index is 11.0. The maximum atomic E-state index is 11.0. The van der Waals surface area contributed by atoms with Gasteiger partial charge in [-0.1, -0.05) is 18.2 Å².